The van der Waals surface area contributed by atoms with Crippen LogP contribution in [-0.4, -0.2) is 42.9 Å². The van der Waals surface area contributed by atoms with E-state index in [1.54, 1.807) is 13.8 Å². The predicted octanol–water partition coefficient (Wildman–Crippen LogP) is 1.43. The van der Waals surface area contributed by atoms with Crippen molar-refractivity contribution in [1.82, 2.24) is 5.32 Å². The smallest absolute Gasteiger partial charge is 0.224 e. The molecule has 0 bridgehead atoms. The quantitative estimate of drug-likeness (QED) is 0.601. The Kier molecular flexibility index (Phi) is 7.63. The molecule has 0 saturated heterocycles. The number of nitrogens with one attached hydrogen (secondary N) is 1. The number of carbonyl (C=O) groups is 1. The van der Waals surface area contributed by atoms with Crippen LogP contribution < -0.4 is 11.1 Å². The average molecular weight is 300 g/mol. The number of nitrogens with two attached hydrogens (primary N) is 1. The lowest BCUT2D eigenvalue weighted by Crippen LogP contribution is -2.43. The standard InChI is InChI=1S/C16H32N2O3/c1-4-12-7-5-6-8-14(12)21-10-13(19)9-18-11-16(2,3)15(17)20/h12-14,18-19H,4-11H2,1-3H3,(H2,17,20). The van der Waals surface area contributed by atoms with Gasteiger partial charge in [-0.3, -0.25) is 4.79 Å². The van der Waals surface area contributed by atoms with Gasteiger partial charge >= 0.3 is 0 Å². The van der Waals surface area contributed by atoms with E-state index < -0.39 is 11.5 Å². The van der Waals surface area contributed by atoms with Crippen LogP contribution in [0.25, 0.3) is 0 Å². The normalized spacial score (nSPS) is 24.8. The summed E-state index contributed by atoms with van der Waals surface area (Å²) in [4.78, 5) is 11.2. The Balaban J connectivity index is 2.21. The van der Waals surface area contributed by atoms with Gasteiger partial charge in [0.05, 0.1) is 24.2 Å². The molecule has 0 aliphatic heterocycles. The van der Waals surface area contributed by atoms with Crippen molar-refractivity contribution in [2.24, 2.45) is 17.1 Å². The van der Waals surface area contributed by atoms with E-state index in [9.17, 15) is 9.90 Å². The maximum Gasteiger partial charge on any atom is 0.224 e. The highest BCUT2D eigenvalue weighted by Gasteiger charge is 2.26. The molecule has 0 aromatic carbocycles. The summed E-state index contributed by atoms with van der Waals surface area (Å²) in [6.45, 7) is 7.01. The number of aliphatic hydroxyl groups is 1. The van der Waals surface area contributed by atoms with Crippen LogP contribution in [0.3, 0.4) is 0 Å². The summed E-state index contributed by atoms with van der Waals surface area (Å²) in [7, 11) is 0. The van der Waals surface area contributed by atoms with Crippen molar-refractivity contribution in [3.63, 3.8) is 0 Å². The summed E-state index contributed by atoms with van der Waals surface area (Å²) in [5.74, 6) is 0.293. The maximum absolute atomic E-state index is 11.2. The molecule has 0 aromatic heterocycles. The molecule has 3 atom stereocenters. The molecule has 0 aromatic rings. The minimum Gasteiger partial charge on any atom is -0.389 e. The summed E-state index contributed by atoms with van der Waals surface area (Å²) >= 11 is 0. The molecular formula is C16H32N2O3. The van der Waals surface area contributed by atoms with E-state index in [2.05, 4.69) is 12.2 Å². The Hall–Kier alpha value is -0.650. The van der Waals surface area contributed by atoms with Crippen molar-refractivity contribution < 1.29 is 14.6 Å². The lowest BCUT2D eigenvalue weighted by atomic mass is 9.85. The van der Waals surface area contributed by atoms with Crippen LogP contribution in [-0.2, 0) is 9.53 Å². The Morgan fingerprint density at radius 3 is 2.71 bits per heavy atom. The van der Waals surface area contributed by atoms with Crippen LogP contribution in [0.2, 0.25) is 0 Å². The molecular weight excluding hydrogens is 268 g/mol. The SMILES string of the molecule is CCC1CCCCC1OCC(O)CNCC(C)(C)C(N)=O. The summed E-state index contributed by atoms with van der Waals surface area (Å²) in [5.41, 5.74) is 4.71. The molecule has 0 spiro atoms. The molecule has 5 nitrogen and oxygen atoms in total. The minimum atomic E-state index is -0.600. The molecule has 5 heteroatoms. The first-order chi connectivity index (χ1) is 9.86. The highest BCUT2D eigenvalue weighted by Crippen LogP contribution is 2.29. The molecule has 1 rings (SSSR count). The number of hydrogen-bond donors (Lipinski definition) is 3. The average Bonchev–Trinajstić information content (AvgIpc) is 2.45. The minimum absolute atomic E-state index is 0.292. The van der Waals surface area contributed by atoms with Gasteiger partial charge < -0.3 is 20.9 Å². The Morgan fingerprint density at radius 2 is 2.10 bits per heavy atom. The molecule has 1 aliphatic rings. The molecule has 1 amide bonds. The van der Waals surface area contributed by atoms with Crippen LogP contribution in [0.4, 0.5) is 0 Å². The van der Waals surface area contributed by atoms with E-state index in [1.165, 1.54) is 19.3 Å². The van der Waals surface area contributed by atoms with Gasteiger partial charge in [0, 0.05) is 13.1 Å². The number of carbonyl (C=O) groups excluding carboxylic acids is 1. The van der Waals surface area contributed by atoms with Gasteiger partial charge in [0.2, 0.25) is 5.91 Å². The van der Waals surface area contributed by atoms with Gasteiger partial charge in [-0.25, -0.2) is 0 Å². The molecule has 21 heavy (non-hydrogen) atoms. The fourth-order valence-corrected chi connectivity index (χ4v) is 2.79. The van der Waals surface area contributed by atoms with Gasteiger partial charge in [0.25, 0.3) is 0 Å². The predicted molar refractivity (Wildman–Crippen MR) is 83.8 cm³/mol. The van der Waals surface area contributed by atoms with Crippen molar-refractivity contribution in [2.45, 2.75) is 65.1 Å². The van der Waals surface area contributed by atoms with E-state index in [0.717, 1.165) is 12.8 Å². The van der Waals surface area contributed by atoms with Gasteiger partial charge in [0.1, 0.15) is 0 Å². The largest absolute Gasteiger partial charge is 0.389 e. The zero-order valence-corrected chi connectivity index (χ0v) is 13.7. The molecule has 124 valence electrons. The van der Waals surface area contributed by atoms with Crippen molar-refractivity contribution >= 4 is 5.91 Å². The van der Waals surface area contributed by atoms with Gasteiger partial charge in [-0.05, 0) is 32.6 Å². The van der Waals surface area contributed by atoms with Crippen LogP contribution in [0.5, 0.6) is 0 Å². The molecule has 4 N–H and O–H groups in total. The van der Waals surface area contributed by atoms with Crippen molar-refractivity contribution in [1.29, 1.82) is 0 Å². The van der Waals surface area contributed by atoms with Crippen molar-refractivity contribution in [2.75, 3.05) is 19.7 Å². The number of aliphatic hydroxyl groups excluding tert-OH is 1. The first-order valence-corrected chi connectivity index (χ1v) is 8.17. The fraction of sp³-hybridized carbons (Fsp3) is 0.938. The van der Waals surface area contributed by atoms with Crippen LogP contribution in [0, 0.1) is 11.3 Å². The highest BCUT2D eigenvalue weighted by atomic mass is 16.5. The lowest BCUT2D eigenvalue weighted by molar-refractivity contribution is -0.125. The van der Waals surface area contributed by atoms with Crippen molar-refractivity contribution in [3.8, 4) is 0 Å². The summed E-state index contributed by atoms with van der Waals surface area (Å²) in [5, 5.41) is 13.1. The number of ether oxygens (including phenoxy) is 1. The van der Waals surface area contributed by atoms with Crippen LogP contribution >= 0.6 is 0 Å². The lowest BCUT2D eigenvalue weighted by Gasteiger charge is -2.31. The fourth-order valence-electron chi connectivity index (χ4n) is 2.79. The number of rotatable bonds is 9. The first kappa shape index (κ1) is 18.4. The third-order valence-corrected chi connectivity index (χ3v) is 4.48. The number of amides is 1. The van der Waals surface area contributed by atoms with Gasteiger partial charge in [-0.15, -0.1) is 0 Å². The molecule has 1 saturated carbocycles. The molecule has 3 unspecified atom stereocenters. The van der Waals surface area contributed by atoms with Crippen LogP contribution in [0.1, 0.15) is 52.9 Å². The van der Waals surface area contributed by atoms with E-state index in [0.29, 0.717) is 31.7 Å². The third kappa shape index (κ3) is 6.32. The van der Waals surface area contributed by atoms with E-state index in [4.69, 9.17) is 10.5 Å². The molecule has 0 heterocycles. The summed E-state index contributed by atoms with van der Waals surface area (Å²) < 4.78 is 5.90. The van der Waals surface area contributed by atoms with Gasteiger partial charge in [-0.2, -0.15) is 0 Å². The second-order valence-corrected chi connectivity index (χ2v) is 6.86. The molecule has 1 fully saturated rings. The Morgan fingerprint density at radius 1 is 1.43 bits per heavy atom. The van der Waals surface area contributed by atoms with E-state index in [1.807, 2.05) is 0 Å². The topological polar surface area (TPSA) is 84.6 Å². The monoisotopic (exact) mass is 300 g/mol. The Labute approximate surface area is 128 Å². The molecule has 1 aliphatic carbocycles. The summed E-state index contributed by atoms with van der Waals surface area (Å²) in [6, 6.07) is 0. The second-order valence-electron chi connectivity index (χ2n) is 6.86. The van der Waals surface area contributed by atoms with Gasteiger partial charge in [0.15, 0.2) is 0 Å². The first-order valence-electron chi connectivity index (χ1n) is 8.17. The highest BCUT2D eigenvalue weighted by molar-refractivity contribution is 5.80. The van der Waals surface area contributed by atoms with E-state index >= 15 is 0 Å². The zero-order valence-electron chi connectivity index (χ0n) is 13.7. The van der Waals surface area contributed by atoms with E-state index in [-0.39, 0.29) is 5.91 Å². The van der Waals surface area contributed by atoms with Crippen LogP contribution in [0.15, 0.2) is 0 Å². The van der Waals surface area contributed by atoms with Crippen molar-refractivity contribution in [3.05, 3.63) is 0 Å². The number of primary amides is 1. The maximum atomic E-state index is 11.2. The second kappa shape index (κ2) is 8.71. The summed E-state index contributed by atoms with van der Waals surface area (Å²) in [6.07, 6.45) is 5.75. The zero-order chi connectivity index (χ0) is 15.9. The number of hydrogen-bond acceptors (Lipinski definition) is 4. The van der Waals surface area contributed by atoms with Gasteiger partial charge in [-0.1, -0.05) is 26.2 Å². The third-order valence-electron chi connectivity index (χ3n) is 4.48. The molecule has 0 radical (unpaired) electrons. The Bertz CT molecular complexity index is 321.